The van der Waals surface area contributed by atoms with Gasteiger partial charge in [0.1, 0.15) is 0 Å². The van der Waals surface area contributed by atoms with Gasteiger partial charge in [0, 0.05) is 0 Å². The van der Waals surface area contributed by atoms with Crippen molar-refractivity contribution in [2.75, 3.05) is 0 Å². The smallest absolute Gasteiger partial charge is 0.696 e. The Morgan fingerprint density at radius 1 is 0.800 bits per heavy atom. The van der Waals surface area contributed by atoms with E-state index in [1.807, 2.05) is 0 Å². The Balaban J connectivity index is -0.00000000571. The summed E-state index contributed by atoms with van der Waals surface area (Å²) in [7, 11) is 0. The Morgan fingerprint density at radius 3 is 0.800 bits per heavy atom. The Morgan fingerprint density at radius 2 is 0.800 bits per heavy atom. The van der Waals surface area contributed by atoms with Gasteiger partial charge in [0.25, 0.3) is 0 Å². The van der Waals surface area contributed by atoms with Crippen molar-refractivity contribution in [2.45, 2.75) is 0 Å². The van der Waals surface area contributed by atoms with Crippen LogP contribution in [-0.2, 0) is 25.3 Å². The number of rotatable bonds is 0. The summed E-state index contributed by atoms with van der Waals surface area (Å²) in [6, 6.07) is 0. The first-order valence-corrected chi connectivity index (χ1v) is 1.67. The van der Waals surface area contributed by atoms with Crippen molar-refractivity contribution in [2.24, 2.45) is 0 Å². The van der Waals surface area contributed by atoms with Gasteiger partial charge in [0.05, 0.1) is 0 Å². The maximum absolute atomic E-state index is 7.13. The van der Waals surface area contributed by atoms with Crippen molar-refractivity contribution in [3.05, 3.63) is 0 Å². The molecule has 0 bridgehead atoms. The molecule has 56 valence electrons. The molecule has 0 heterocycles. The number of nitriles is 2. The molecule has 0 aromatic heterocycles. The molecule has 0 saturated carbocycles. The summed E-state index contributed by atoms with van der Waals surface area (Å²) < 4.78 is 0. The van der Waals surface area contributed by atoms with Crippen LogP contribution in [0.25, 0.3) is 0 Å². The average Bonchev–Trinajstić information content (AvgIpc) is 1.39. The molecule has 0 radical (unpaired) electrons. The second-order valence-electron chi connectivity index (χ2n) is 0.183. The zero-order chi connectivity index (χ0) is 5.41. The molecule has 0 aliphatic carbocycles. The van der Waals surface area contributed by atoms with Gasteiger partial charge in [-0.25, -0.2) is 10.5 Å². The van der Waals surface area contributed by atoms with E-state index in [1.54, 1.807) is 0 Å². The number of thiocyanates is 2. The Bertz CT molecular complexity index is 77.5. The summed E-state index contributed by atoms with van der Waals surface area (Å²) in [6.45, 7) is 0. The zero-order valence-electron chi connectivity index (χ0n) is 4.92. The van der Waals surface area contributed by atoms with Gasteiger partial charge in [-0.3, -0.25) is 0 Å². The fourth-order valence-electron chi connectivity index (χ4n) is 0. The molecule has 0 aliphatic rings. The van der Waals surface area contributed by atoms with E-state index >= 15 is 0 Å². The molecule has 0 aliphatic heterocycles. The van der Waals surface area contributed by atoms with Crippen molar-refractivity contribution in [1.82, 2.24) is 0 Å². The SMILES string of the molecule is N#C[S-].N#C[S-].O.O.O.[Ba+2]. The van der Waals surface area contributed by atoms with E-state index in [0.717, 1.165) is 0 Å². The maximum Gasteiger partial charge on any atom is 2.00 e. The van der Waals surface area contributed by atoms with Crippen molar-refractivity contribution in [1.29, 1.82) is 10.5 Å². The van der Waals surface area contributed by atoms with Crippen LogP contribution in [0.2, 0.25) is 0 Å². The first kappa shape index (κ1) is 44.6. The molecule has 0 rings (SSSR count). The molecule has 6 N–H and O–H groups in total. The quantitative estimate of drug-likeness (QED) is 0.270. The summed E-state index contributed by atoms with van der Waals surface area (Å²) in [5.41, 5.74) is 0. The van der Waals surface area contributed by atoms with Crippen LogP contribution in [0.5, 0.6) is 0 Å². The van der Waals surface area contributed by atoms with Gasteiger partial charge in [-0.05, 0) is 0 Å². The Hall–Kier alpha value is 0.871. The van der Waals surface area contributed by atoms with E-state index in [0.29, 0.717) is 0 Å². The first-order valence-electron chi connectivity index (χ1n) is 0.855. The molecule has 0 unspecified atom stereocenters. The molecule has 5 nitrogen and oxygen atoms in total. The van der Waals surface area contributed by atoms with Crippen LogP contribution in [0.3, 0.4) is 0 Å². The maximum atomic E-state index is 7.13. The number of nitrogens with zero attached hydrogens (tertiary/aromatic N) is 2. The minimum Gasteiger partial charge on any atom is -0.696 e. The molecule has 0 spiro atoms. The Labute approximate surface area is 110 Å². The van der Waals surface area contributed by atoms with E-state index in [1.165, 1.54) is 10.8 Å². The van der Waals surface area contributed by atoms with Gasteiger partial charge < -0.3 is 41.7 Å². The summed E-state index contributed by atoms with van der Waals surface area (Å²) in [5.74, 6) is 0. The molecule has 0 fully saturated rings. The van der Waals surface area contributed by atoms with Gasteiger partial charge in [-0.1, -0.05) is 10.8 Å². The van der Waals surface area contributed by atoms with Gasteiger partial charge in [0.2, 0.25) is 0 Å². The summed E-state index contributed by atoms with van der Waals surface area (Å²) >= 11 is 7.40. The van der Waals surface area contributed by atoms with Gasteiger partial charge in [-0.2, -0.15) is 0 Å². The van der Waals surface area contributed by atoms with Crippen LogP contribution in [0.15, 0.2) is 0 Å². The molecule has 0 aromatic rings. The van der Waals surface area contributed by atoms with Crippen LogP contribution in [0, 0.1) is 21.3 Å². The fraction of sp³-hybridized carbons (Fsp3) is 0. The topological polar surface area (TPSA) is 142 Å². The van der Waals surface area contributed by atoms with Gasteiger partial charge in [0.15, 0.2) is 0 Å². The van der Waals surface area contributed by atoms with E-state index in [2.05, 4.69) is 25.3 Å². The fourth-order valence-corrected chi connectivity index (χ4v) is 0. The predicted octanol–water partition coefficient (Wildman–Crippen LogP) is -2.83. The molecule has 0 saturated heterocycles. The third-order valence-electron chi connectivity index (χ3n) is 0. The molecule has 0 amide bonds. The van der Waals surface area contributed by atoms with Crippen molar-refractivity contribution in [3.63, 3.8) is 0 Å². The van der Waals surface area contributed by atoms with Crippen LogP contribution in [0.1, 0.15) is 0 Å². The largest absolute Gasteiger partial charge is 2.00 e. The van der Waals surface area contributed by atoms with Gasteiger partial charge in [-0.15, -0.1) is 0 Å². The molecule has 0 atom stereocenters. The molecule has 0 aromatic carbocycles. The van der Waals surface area contributed by atoms with Crippen LogP contribution in [-0.4, -0.2) is 65.3 Å². The van der Waals surface area contributed by atoms with Crippen LogP contribution >= 0.6 is 0 Å². The Kier molecular flexibility index (Phi) is 421. The minimum absolute atomic E-state index is 0. The molecule has 8 heteroatoms. The van der Waals surface area contributed by atoms with Crippen molar-refractivity contribution >= 4 is 74.1 Å². The standard InChI is InChI=1S/2CHNS.Ba.3H2O/c2*2-1-3;;;;/h2*3H;;3*1H2/q;;+2;;;/p-2. The van der Waals surface area contributed by atoms with E-state index in [-0.39, 0.29) is 65.3 Å². The van der Waals surface area contributed by atoms with E-state index in [9.17, 15) is 0 Å². The number of hydrogen-bond donors (Lipinski definition) is 0. The average molecular weight is 308 g/mol. The first-order chi connectivity index (χ1) is 2.83. The minimum atomic E-state index is 0. The van der Waals surface area contributed by atoms with Crippen molar-refractivity contribution in [3.8, 4) is 10.8 Å². The third kappa shape index (κ3) is 724. The van der Waals surface area contributed by atoms with Crippen LogP contribution in [0.4, 0.5) is 0 Å². The second-order valence-corrected chi connectivity index (χ2v) is 0.548. The van der Waals surface area contributed by atoms with E-state index < -0.39 is 0 Å². The molecule has 10 heavy (non-hydrogen) atoms. The molecular formula is C2H6BaN2O3S2. The third-order valence-corrected chi connectivity index (χ3v) is 0. The monoisotopic (exact) mass is 308 g/mol. The predicted molar refractivity (Wildman–Crippen MR) is 42.6 cm³/mol. The molecular weight excluding hydrogens is 301 g/mol. The number of hydrogen-bond acceptors (Lipinski definition) is 4. The van der Waals surface area contributed by atoms with Crippen LogP contribution < -0.4 is 0 Å². The van der Waals surface area contributed by atoms with Gasteiger partial charge >= 0.3 is 48.9 Å². The van der Waals surface area contributed by atoms with E-state index in [4.69, 9.17) is 10.5 Å². The summed E-state index contributed by atoms with van der Waals surface area (Å²) in [5, 5.41) is 16.9. The summed E-state index contributed by atoms with van der Waals surface area (Å²) in [4.78, 5) is 0. The normalized spacial score (nSPS) is 1.40. The zero-order valence-corrected chi connectivity index (χ0v) is 11.0. The van der Waals surface area contributed by atoms with Crippen molar-refractivity contribution < 1.29 is 16.4 Å². The second kappa shape index (κ2) is 94.2. The summed E-state index contributed by atoms with van der Waals surface area (Å²) in [6.07, 6.45) is 0.